The highest BCUT2D eigenvalue weighted by molar-refractivity contribution is 6.31. The Morgan fingerprint density at radius 1 is 1.00 bits per heavy atom. The lowest BCUT2D eigenvalue weighted by atomic mass is 9.63. The standard InChI is InChI=1S/C26H23ClN2O3/c1-14-7-8-16(11-21(14)27)28(24(30)15-5-3-2-4-6-15)13-29-25(31)22-17-9-10-18(20-12-19(17)20)23(22)26(29)32/h2-11,17-20,22-23H,12-13H2,1H3/t17-,18+,19-,20-,22+,23-/m1/s1. The molecular formula is C26H23ClN2O3. The Balaban J connectivity index is 1.35. The van der Waals surface area contributed by atoms with E-state index in [0.29, 0.717) is 28.1 Å². The van der Waals surface area contributed by atoms with Crippen LogP contribution in [-0.2, 0) is 9.59 Å². The Kier molecular flexibility index (Phi) is 4.34. The predicted molar refractivity (Wildman–Crippen MR) is 121 cm³/mol. The van der Waals surface area contributed by atoms with Crippen LogP contribution in [-0.4, -0.2) is 29.3 Å². The van der Waals surface area contributed by atoms with Crippen LogP contribution in [0.5, 0.6) is 0 Å². The zero-order valence-corrected chi connectivity index (χ0v) is 18.4. The van der Waals surface area contributed by atoms with Gasteiger partial charge < -0.3 is 0 Å². The van der Waals surface area contributed by atoms with Gasteiger partial charge in [-0.3, -0.25) is 24.2 Å². The van der Waals surface area contributed by atoms with Gasteiger partial charge in [0.15, 0.2) is 0 Å². The van der Waals surface area contributed by atoms with Crippen molar-refractivity contribution in [3.05, 3.63) is 76.8 Å². The zero-order valence-electron chi connectivity index (χ0n) is 17.6. The van der Waals surface area contributed by atoms with Crippen molar-refractivity contribution in [2.45, 2.75) is 13.3 Å². The van der Waals surface area contributed by atoms with Gasteiger partial charge in [0.05, 0.1) is 11.8 Å². The van der Waals surface area contributed by atoms with Crippen LogP contribution < -0.4 is 4.90 Å². The van der Waals surface area contributed by atoms with E-state index in [2.05, 4.69) is 12.2 Å². The number of aryl methyl sites for hydroxylation is 1. The Bertz CT molecular complexity index is 1140. The van der Waals surface area contributed by atoms with Crippen molar-refractivity contribution < 1.29 is 14.4 Å². The van der Waals surface area contributed by atoms with Crippen LogP contribution in [0.4, 0.5) is 5.69 Å². The van der Waals surface area contributed by atoms with E-state index in [0.717, 1.165) is 12.0 Å². The summed E-state index contributed by atoms with van der Waals surface area (Å²) in [5.41, 5.74) is 1.95. The number of allylic oxidation sites excluding steroid dienone is 2. The van der Waals surface area contributed by atoms with Crippen molar-refractivity contribution >= 4 is 35.0 Å². The van der Waals surface area contributed by atoms with Crippen LogP contribution >= 0.6 is 11.6 Å². The molecule has 32 heavy (non-hydrogen) atoms. The molecule has 6 heteroatoms. The molecule has 0 spiro atoms. The van der Waals surface area contributed by atoms with E-state index in [4.69, 9.17) is 11.6 Å². The highest BCUT2D eigenvalue weighted by Crippen LogP contribution is 2.65. The van der Waals surface area contributed by atoms with E-state index in [1.807, 2.05) is 19.1 Å². The highest BCUT2D eigenvalue weighted by atomic mass is 35.5. The molecule has 2 aromatic rings. The number of hydrogen-bond donors (Lipinski definition) is 0. The topological polar surface area (TPSA) is 57.7 Å². The third kappa shape index (κ3) is 2.80. The summed E-state index contributed by atoms with van der Waals surface area (Å²) >= 11 is 6.36. The maximum Gasteiger partial charge on any atom is 0.259 e. The zero-order chi connectivity index (χ0) is 22.1. The molecule has 162 valence electrons. The number of amides is 3. The molecule has 0 unspecified atom stereocenters. The maximum absolute atomic E-state index is 13.5. The quantitative estimate of drug-likeness (QED) is 0.519. The lowest BCUT2D eigenvalue weighted by Gasteiger charge is -2.37. The molecule has 6 atom stereocenters. The molecule has 1 heterocycles. The van der Waals surface area contributed by atoms with Gasteiger partial charge in [0.25, 0.3) is 5.91 Å². The van der Waals surface area contributed by atoms with Gasteiger partial charge in [-0.15, -0.1) is 0 Å². The molecular weight excluding hydrogens is 424 g/mol. The van der Waals surface area contributed by atoms with Gasteiger partial charge in [-0.2, -0.15) is 0 Å². The Hall–Kier alpha value is -2.92. The van der Waals surface area contributed by atoms with Crippen molar-refractivity contribution in [1.82, 2.24) is 4.90 Å². The molecule has 7 rings (SSSR count). The Morgan fingerprint density at radius 2 is 1.62 bits per heavy atom. The number of hydrogen-bond acceptors (Lipinski definition) is 3. The van der Waals surface area contributed by atoms with Gasteiger partial charge in [0, 0.05) is 16.3 Å². The van der Waals surface area contributed by atoms with Crippen LogP contribution in [0.1, 0.15) is 22.3 Å². The summed E-state index contributed by atoms with van der Waals surface area (Å²) in [5.74, 6) is 0.273. The lowest BCUT2D eigenvalue weighted by Crippen LogP contribution is -2.45. The predicted octanol–water partition coefficient (Wildman–Crippen LogP) is 4.31. The number of carbonyl (C=O) groups is 3. The molecule has 3 fully saturated rings. The maximum atomic E-state index is 13.5. The number of carbonyl (C=O) groups excluding carboxylic acids is 3. The minimum absolute atomic E-state index is 0.105. The van der Waals surface area contributed by atoms with Crippen LogP contribution in [0.2, 0.25) is 5.02 Å². The van der Waals surface area contributed by atoms with Crippen LogP contribution in [0.15, 0.2) is 60.7 Å². The van der Waals surface area contributed by atoms with Crippen molar-refractivity contribution in [3.63, 3.8) is 0 Å². The van der Waals surface area contributed by atoms with Crippen molar-refractivity contribution in [2.75, 3.05) is 11.6 Å². The summed E-state index contributed by atoms with van der Waals surface area (Å²) in [6.07, 6.45) is 5.43. The smallest absolute Gasteiger partial charge is 0.259 e. The van der Waals surface area contributed by atoms with E-state index in [1.165, 1.54) is 9.80 Å². The third-order valence-electron chi connectivity index (χ3n) is 7.77. The first kappa shape index (κ1) is 19.7. The number of imide groups is 1. The van der Waals surface area contributed by atoms with E-state index in [1.54, 1.807) is 36.4 Å². The van der Waals surface area contributed by atoms with Gasteiger partial charge in [-0.25, -0.2) is 0 Å². The molecule has 0 N–H and O–H groups in total. The highest BCUT2D eigenvalue weighted by Gasteiger charge is 2.67. The number of benzene rings is 2. The summed E-state index contributed by atoms with van der Waals surface area (Å²) in [5, 5.41) is 0.531. The Labute approximate surface area is 191 Å². The summed E-state index contributed by atoms with van der Waals surface area (Å²) < 4.78 is 0. The van der Waals surface area contributed by atoms with E-state index < -0.39 is 0 Å². The largest absolute Gasteiger partial charge is 0.289 e. The number of anilines is 1. The lowest BCUT2D eigenvalue weighted by molar-refractivity contribution is -0.140. The monoisotopic (exact) mass is 446 g/mol. The van der Waals surface area contributed by atoms with E-state index in [9.17, 15) is 14.4 Å². The molecule has 0 radical (unpaired) electrons. The van der Waals surface area contributed by atoms with E-state index >= 15 is 0 Å². The van der Waals surface area contributed by atoms with Gasteiger partial charge in [0.2, 0.25) is 11.8 Å². The average molecular weight is 447 g/mol. The summed E-state index contributed by atoms with van der Waals surface area (Å²) in [7, 11) is 0. The fraction of sp³-hybridized carbons (Fsp3) is 0.346. The summed E-state index contributed by atoms with van der Waals surface area (Å²) in [4.78, 5) is 43.2. The second kappa shape index (κ2) is 7.04. The number of nitrogens with zero attached hydrogens (tertiary/aromatic N) is 2. The van der Waals surface area contributed by atoms with Gasteiger partial charge in [0.1, 0.15) is 6.67 Å². The van der Waals surface area contributed by atoms with Crippen molar-refractivity contribution in [3.8, 4) is 0 Å². The summed E-state index contributed by atoms with van der Waals surface area (Å²) in [6.45, 7) is 1.79. The normalized spacial score (nSPS) is 31.5. The molecule has 5 aliphatic rings. The van der Waals surface area contributed by atoms with Crippen LogP contribution in [0.25, 0.3) is 0 Å². The molecule has 4 aliphatic carbocycles. The Morgan fingerprint density at radius 3 is 2.22 bits per heavy atom. The minimum Gasteiger partial charge on any atom is -0.289 e. The van der Waals surface area contributed by atoms with Gasteiger partial charge in [-0.05, 0) is 66.8 Å². The van der Waals surface area contributed by atoms with E-state index in [-0.39, 0.29) is 48.1 Å². The third-order valence-corrected chi connectivity index (χ3v) is 8.18. The number of likely N-dealkylation sites (tertiary alicyclic amines) is 1. The van der Waals surface area contributed by atoms with Gasteiger partial charge >= 0.3 is 0 Å². The molecule has 0 aromatic heterocycles. The first-order valence-electron chi connectivity index (χ1n) is 11.1. The van der Waals surface area contributed by atoms with Crippen LogP contribution in [0.3, 0.4) is 0 Å². The molecule has 1 aliphatic heterocycles. The van der Waals surface area contributed by atoms with Gasteiger partial charge in [-0.1, -0.05) is 48.0 Å². The molecule has 3 amide bonds. The van der Waals surface area contributed by atoms with Crippen molar-refractivity contribution in [1.29, 1.82) is 0 Å². The van der Waals surface area contributed by atoms with Crippen LogP contribution in [0, 0.1) is 42.4 Å². The molecule has 2 saturated carbocycles. The molecule has 5 nitrogen and oxygen atoms in total. The number of halogens is 1. The average Bonchev–Trinajstić information content (AvgIpc) is 3.59. The minimum atomic E-state index is -0.281. The first-order valence-corrected chi connectivity index (χ1v) is 11.5. The second-order valence-electron chi connectivity index (χ2n) is 9.43. The first-order chi connectivity index (χ1) is 15.5. The number of rotatable bonds is 4. The summed E-state index contributed by atoms with van der Waals surface area (Å²) in [6, 6.07) is 14.3. The SMILES string of the molecule is Cc1ccc(N(CN2C(=O)[C@@H]3[C@H]4C=C[C@H]([C@H]5C[C@H]45)[C@@H]3C2=O)C(=O)c2ccccc2)cc1Cl. The molecule has 1 saturated heterocycles. The molecule has 2 aromatic carbocycles. The van der Waals surface area contributed by atoms with Crippen molar-refractivity contribution in [2.24, 2.45) is 35.5 Å². The second-order valence-corrected chi connectivity index (χ2v) is 9.84. The molecule has 2 bridgehead atoms. The fourth-order valence-electron chi connectivity index (χ4n) is 6.05. The fourth-order valence-corrected chi connectivity index (χ4v) is 6.22.